The molecule has 0 bridgehead atoms. The molecule has 1 aromatic rings. The number of carbonyl (C=O) groups is 1. The van der Waals surface area contributed by atoms with Gasteiger partial charge in [-0.3, -0.25) is 4.79 Å². The van der Waals surface area contributed by atoms with Crippen LogP contribution in [0.25, 0.3) is 0 Å². The van der Waals surface area contributed by atoms with E-state index in [1.165, 1.54) is 6.07 Å². The molecule has 0 aromatic heterocycles. The average Bonchev–Trinajstić information content (AvgIpc) is 2.20. The molecule has 1 N–H and O–H groups in total. The van der Waals surface area contributed by atoms with Gasteiger partial charge in [-0.1, -0.05) is 18.2 Å². The van der Waals surface area contributed by atoms with Crippen molar-refractivity contribution in [2.45, 2.75) is 6.42 Å². The lowest BCUT2D eigenvalue weighted by molar-refractivity contribution is -0.137. The second-order valence-corrected chi connectivity index (χ2v) is 4.12. The summed E-state index contributed by atoms with van der Waals surface area (Å²) in [5.74, 6) is -0.213. The van der Waals surface area contributed by atoms with E-state index in [-0.39, 0.29) is 30.7 Å². The third kappa shape index (κ3) is 2.22. The molecule has 86 valence electrons. The van der Waals surface area contributed by atoms with Gasteiger partial charge in [0.2, 0.25) is 5.91 Å². The Bertz CT molecular complexity index is 388. The summed E-state index contributed by atoms with van der Waals surface area (Å²) in [4.78, 5) is 13.3. The first-order chi connectivity index (χ1) is 7.70. The Balaban J connectivity index is 1.91. The van der Waals surface area contributed by atoms with E-state index in [1.54, 1.807) is 23.1 Å². The monoisotopic (exact) mass is 223 g/mol. The Kier molecular flexibility index (Phi) is 3.19. The van der Waals surface area contributed by atoms with E-state index < -0.39 is 0 Å². The molecule has 4 heteroatoms. The van der Waals surface area contributed by atoms with Crippen LogP contribution in [0.2, 0.25) is 0 Å². The lowest BCUT2D eigenvalue weighted by Gasteiger charge is -2.38. The van der Waals surface area contributed by atoms with Crippen LogP contribution in [0.1, 0.15) is 5.56 Å². The van der Waals surface area contributed by atoms with Crippen molar-refractivity contribution in [2.75, 3.05) is 19.7 Å². The number of rotatable bonds is 3. The van der Waals surface area contributed by atoms with Gasteiger partial charge in [0.15, 0.2) is 0 Å². The molecule has 1 aliphatic rings. The van der Waals surface area contributed by atoms with Gasteiger partial charge in [-0.2, -0.15) is 0 Å². The fourth-order valence-electron chi connectivity index (χ4n) is 1.81. The predicted molar refractivity (Wildman–Crippen MR) is 57.3 cm³/mol. The van der Waals surface area contributed by atoms with Crippen molar-refractivity contribution in [3.8, 4) is 0 Å². The van der Waals surface area contributed by atoms with Gasteiger partial charge >= 0.3 is 0 Å². The fraction of sp³-hybridized carbons (Fsp3) is 0.417. The van der Waals surface area contributed by atoms with E-state index in [1.807, 2.05) is 0 Å². The van der Waals surface area contributed by atoms with Crippen LogP contribution in [0.15, 0.2) is 24.3 Å². The van der Waals surface area contributed by atoms with Crippen molar-refractivity contribution in [1.82, 2.24) is 4.90 Å². The van der Waals surface area contributed by atoms with Gasteiger partial charge in [-0.25, -0.2) is 4.39 Å². The minimum atomic E-state index is -0.338. The van der Waals surface area contributed by atoms with Gasteiger partial charge in [0.25, 0.3) is 0 Å². The van der Waals surface area contributed by atoms with Crippen LogP contribution >= 0.6 is 0 Å². The molecular weight excluding hydrogens is 209 g/mol. The number of aliphatic hydroxyl groups is 1. The number of carbonyl (C=O) groups excluding carboxylic acids is 1. The minimum absolute atomic E-state index is 0.0743. The van der Waals surface area contributed by atoms with Crippen molar-refractivity contribution >= 4 is 5.91 Å². The Morgan fingerprint density at radius 3 is 2.75 bits per heavy atom. The van der Waals surface area contributed by atoms with Crippen LogP contribution in [0.3, 0.4) is 0 Å². The molecule has 0 spiro atoms. The highest BCUT2D eigenvalue weighted by molar-refractivity contribution is 5.79. The minimum Gasteiger partial charge on any atom is -0.396 e. The molecular formula is C12H14FNO2. The van der Waals surface area contributed by atoms with E-state index >= 15 is 0 Å². The first-order valence-electron chi connectivity index (χ1n) is 5.32. The Morgan fingerprint density at radius 1 is 1.44 bits per heavy atom. The molecule has 1 fully saturated rings. The number of hydrogen-bond donors (Lipinski definition) is 1. The number of benzene rings is 1. The molecule has 2 rings (SSSR count). The number of halogens is 1. The molecule has 0 radical (unpaired) electrons. The van der Waals surface area contributed by atoms with E-state index in [4.69, 9.17) is 5.11 Å². The maximum absolute atomic E-state index is 13.3. The fourth-order valence-corrected chi connectivity index (χ4v) is 1.81. The van der Waals surface area contributed by atoms with E-state index in [0.717, 1.165) is 0 Å². The second-order valence-electron chi connectivity index (χ2n) is 4.12. The number of likely N-dealkylation sites (tertiary alicyclic amines) is 1. The zero-order chi connectivity index (χ0) is 11.5. The summed E-state index contributed by atoms with van der Waals surface area (Å²) in [5.41, 5.74) is 0.431. The van der Waals surface area contributed by atoms with Crippen LogP contribution in [0.4, 0.5) is 4.39 Å². The van der Waals surface area contributed by atoms with Crippen molar-refractivity contribution in [1.29, 1.82) is 0 Å². The summed E-state index contributed by atoms with van der Waals surface area (Å²) in [6.07, 6.45) is 0.102. The van der Waals surface area contributed by atoms with Gasteiger partial charge in [0.05, 0.1) is 6.42 Å². The van der Waals surface area contributed by atoms with Crippen LogP contribution in [-0.4, -0.2) is 35.6 Å². The van der Waals surface area contributed by atoms with Crippen LogP contribution in [0, 0.1) is 11.7 Å². The van der Waals surface area contributed by atoms with E-state index in [0.29, 0.717) is 18.7 Å². The van der Waals surface area contributed by atoms with Crippen molar-refractivity contribution in [3.63, 3.8) is 0 Å². The smallest absolute Gasteiger partial charge is 0.227 e. The maximum Gasteiger partial charge on any atom is 0.227 e. The standard InChI is InChI=1S/C12H14FNO2/c13-11-4-2-1-3-10(11)5-12(16)14-6-9(7-14)8-15/h1-4,9,15H,5-8H2. The molecule has 0 atom stereocenters. The highest BCUT2D eigenvalue weighted by Crippen LogP contribution is 2.17. The van der Waals surface area contributed by atoms with Gasteiger partial charge in [0.1, 0.15) is 5.82 Å². The average molecular weight is 223 g/mol. The molecule has 1 amide bonds. The molecule has 16 heavy (non-hydrogen) atoms. The van der Waals surface area contributed by atoms with Crippen LogP contribution in [0.5, 0.6) is 0 Å². The first kappa shape index (κ1) is 11.1. The number of amides is 1. The molecule has 1 aromatic carbocycles. The van der Waals surface area contributed by atoms with Crippen molar-refractivity contribution in [2.24, 2.45) is 5.92 Å². The lowest BCUT2D eigenvalue weighted by Crippen LogP contribution is -2.51. The normalized spacial score (nSPS) is 16.0. The van der Waals surface area contributed by atoms with Crippen molar-refractivity contribution in [3.05, 3.63) is 35.6 Å². The lowest BCUT2D eigenvalue weighted by atomic mass is 10.00. The molecule has 3 nitrogen and oxygen atoms in total. The van der Waals surface area contributed by atoms with Crippen LogP contribution in [-0.2, 0) is 11.2 Å². The molecule has 1 heterocycles. The Morgan fingerprint density at radius 2 is 2.12 bits per heavy atom. The number of hydrogen-bond acceptors (Lipinski definition) is 2. The highest BCUT2D eigenvalue weighted by atomic mass is 19.1. The molecule has 0 unspecified atom stereocenters. The van der Waals surface area contributed by atoms with Gasteiger partial charge in [0, 0.05) is 25.6 Å². The molecule has 1 saturated heterocycles. The summed E-state index contributed by atoms with van der Waals surface area (Å²) < 4.78 is 13.3. The Hall–Kier alpha value is -1.42. The van der Waals surface area contributed by atoms with E-state index in [9.17, 15) is 9.18 Å². The highest BCUT2D eigenvalue weighted by Gasteiger charge is 2.29. The zero-order valence-corrected chi connectivity index (χ0v) is 8.90. The summed E-state index contributed by atoms with van der Waals surface area (Å²) in [6, 6.07) is 6.30. The second kappa shape index (κ2) is 4.61. The maximum atomic E-state index is 13.3. The predicted octanol–water partition coefficient (Wildman–Crippen LogP) is 0.819. The van der Waals surface area contributed by atoms with Crippen molar-refractivity contribution < 1.29 is 14.3 Å². The summed E-state index contributed by atoms with van der Waals surface area (Å²) in [5, 5.41) is 8.82. The number of aliphatic hydroxyl groups excluding tert-OH is 1. The third-order valence-corrected chi connectivity index (χ3v) is 2.87. The number of nitrogens with zero attached hydrogens (tertiary/aromatic N) is 1. The SMILES string of the molecule is O=C(Cc1ccccc1F)N1CC(CO)C1. The molecule has 0 aliphatic carbocycles. The van der Waals surface area contributed by atoms with Gasteiger partial charge < -0.3 is 10.0 Å². The first-order valence-corrected chi connectivity index (χ1v) is 5.32. The summed E-state index contributed by atoms with van der Waals surface area (Å²) >= 11 is 0. The largest absolute Gasteiger partial charge is 0.396 e. The van der Waals surface area contributed by atoms with E-state index in [2.05, 4.69) is 0 Å². The quantitative estimate of drug-likeness (QED) is 0.824. The van der Waals surface area contributed by atoms with Gasteiger partial charge in [-0.05, 0) is 11.6 Å². The Labute approximate surface area is 93.5 Å². The topological polar surface area (TPSA) is 40.5 Å². The molecule has 0 saturated carbocycles. The summed E-state index contributed by atoms with van der Waals surface area (Å²) in [7, 11) is 0. The molecule has 1 aliphatic heterocycles. The summed E-state index contributed by atoms with van der Waals surface area (Å²) in [6.45, 7) is 1.29. The third-order valence-electron chi connectivity index (χ3n) is 2.87. The van der Waals surface area contributed by atoms with Gasteiger partial charge in [-0.15, -0.1) is 0 Å². The zero-order valence-electron chi connectivity index (χ0n) is 8.90. The van der Waals surface area contributed by atoms with Crippen LogP contribution < -0.4 is 0 Å².